The number of hydrogen-bond acceptors (Lipinski definition) is 4. The number of halogens is 1. The van der Waals surface area contributed by atoms with Crippen LogP contribution in [0.1, 0.15) is 5.56 Å². The van der Waals surface area contributed by atoms with Gasteiger partial charge >= 0.3 is 0 Å². The lowest BCUT2D eigenvalue weighted by Gasteiger charge is -2.05. The summed E-state index contributed by atoms with van der Waals surface area (Å²) in [5.74, 6) is -0.399. The van der Waals surface area contributed by atoms with Gasteiger partial charge in [0.15, 0.2) is 0 Å². The van der Waals surface area contributed by atoms with Crippen molar-refractivity contribution in [3.8, 4) is 0 Å². The van der Waals surface area contributed by atoms with Gasteiger partial charge in [0, 0.05) is 17.5 Å². The number of nitrogens with zero attached hydrogens (tertiary/aromatic N) is 1. The molecule has 0 heterocycles. The van der Waals surface area contributed by atoms with Gasteiger partial charge in [-0.1, -0.05) is 23.9 Å². The van der Waals surface area contributed by atoms with Crippen molar-refractivity contribution in [1.82, 2.24) is 0 Å². The van der Waals surface area contributed by atoms with Crippen molar-refractivity contribution >= 4 is 17.4 Å². The molecule has 0 saturated carbocycles. The molecule has 0 aromatic heterocycles. The van der Waals surface area contributed by atoms with Crippen LogP contribution < -0.4 is 5.73 Å². The van der Waals surface area contributed by atoms with Gasteiger partial charge in [0.1, 0.15) is 5.82 Å². The van der Waals surface area contributed by atoms with Crippen molar-refractivity contribution in [2.24, 2.45) is 5.73 Å². The fourth-order valence-electron chi connectivity index (χ4n) is 1.62. The van der Waals surface area contributed by atoms with Crippen molar-refractivity contribution in [1.29, 1.82) is 0 Å². The molecule has 2 aromatic rings. The van der Waals surface area contributed by atoms with Gasteiger partial charge < -0.3 is 5.73 Å². The van der Waals surface area contributed by atoms with E-state index in [0.29, 0.717) is 15.4 Å². The van der Waals surface area contributed by atoms with Crippen LogP contribution >= 0.6 is 11.8 Å². The fourth-order valence-corrected chi connectivity index (χ4v) is 2.65. The molecule has 4 nitrogen and oxygen atoms in total. The van der Waals surface area contributed by atoms with E-state index in [9.17, 15) is 14.5 Å². The van der Waals surface area contributed by atoms with Crippen molar-refractivity contribution in [2.45, 2.75) is 16.3 Å². The van der Waals surface area contributed by atoms with E-state index < -0.39 is 10.7 Å². The smallest absolute Gasteiger partial charge is 0.283 e. The molecule has 0 bridgehead atoms. The molecule has 2 rings (SSSR count). The van der Waals surface area contributed by atoms with E-state index in [1.165, 1.54) is 18.2 Å². The van der Waals surface area contributed by atoms with Crippen LogP contribution in [0.3, 0.4) is 0 Å². The third-order valence-corrected chi connectivity index (χ3v) is 3.49. The van der Waals surface area contributed by atoms with Crippen LogP contribution in [0.15, 0.2) is 52.3 Å². The second-order valence-corrected chi connectivity index (χ2v) is 4.94. The minimum absolute atomic E-state index is 0.00561. The summed E-state index contributed by atoms with van der Waals surface area (Å²) in [6, 6.07) is 10.8. The van der Waals surface area contributed by atoms with Crippen LogP contribution in [0.4, 0.5) is 10.1 Å². The van der Waals surface area contributed by atoms with Crippen LogP contribution in [-0.2, 0) is 6.54 Å². The number of nitro groups is 1. The number of rotatable bonds is 4. The maximum Gasteiger partial charge on any atom is 0.283 e. The van der Waals surface area contributed by atoms with Crippen LogP contribution in [0.2, 0.25) is 0 Å². The number of para-hydroxylation sites is 1. The normalized spacial score (nSPS) is 10.4. The van der Waals surface area contributed by atoms with Gasteiger partial charge in [0.2, 0.25) is 0 Å². The molecular weight excluding hydrogens is 267 g/mol. The first-order chi connectivity index (χ1) is 9.10. The highest BCUT2D eigenvalue weighted by Crippen LogP contribution is 2.35. The summed E-state index contributed by atoms with van der Waals surface area (Å²) in [5.41, 5.74) is 6.13. The van der Waals surface area contributed by atoms with Crippen LogP contribution in [-0.4, -0.2) is 4.92 Å². The average Bonchev–Trinajstić information content (AvgIpc) is 2.38. The highest BCUT2D eigenvalue weighted by Gasteiger charge is 2.14. The largest absolute Gasteiger partial charge is 0.326 e. The van der Waals surface area contributed by atoms with E-state index in [1.807, 2.05) is 0 Å². The predicted molar refractivity (Wildman–Crippen MR) is 71.5 cm³/mol. The van der Waals surface area contributed by atoms with Crippen LogP contribution in [0.5, 0.6) is 0 Å². The number of nitro benzene ring substituents is 1. The van der Waals surface area contributed by atoms with E-state index >= 15 is 0 Å². The molecule has 0 spiro atoms. The molecule has 0 unspecified atom stereocenters. The SMILES string of the molecule is NCc1cc(F)cc(Sc2ccccc2[N+](=O)[O-])c1. The summed E-state index contributed by atoms with van der Waals surface area (Å²) < 4.78 is 13.4. The van der Waals surface area contributed by atoms with Gasteiger partial charge in [-0.05, 0) is 29.8 Å². The summed E-state index contributed by atoms with van der Waals surface area (Å²) in [7, 11) is 0. The lowest BCUT2D eigenvalue weighted by Crippen LogP contribution is -1.97. The van der Waals surface area contributed by atoms with E-state index in [-0.39, 0.29) is 12.2 Å². The summed E-state index contributed by atoms with van der Waals surface area (Å²) in [6.07, 6.45) is 0. The Labute approximate surface area is 113 Å². The third kappa shape index (κ3) is 3.30. The van der Waals surface area contributed by atoms with Crippen LogP contribution in [0, 0.1) is 15.9 Å². The number of nitrogens with two attached hydrogens (primary N) is 1. The zero-order chi connectivity index (χ0) is 13.8. The maximum atomic E-state index is 13.4. The van der Waals surface area contributed by atoms with E-state index in [4.69, 9.17) is 5.73 Å². The molecule has 0 radical (unpaired) electrons. The van der Waals surface area contributed by atoms with E-state index in [2.05, 4.69) is 0 Å². The summed E-state index contributed by atoms with van der Waals surface area (Å²) >= 11 is 1.15. The highest BCUT2D eigenvalue weighted by molar-refractivity contribution is 7.99. The maximum absolute atomic E-state index is 13.4. The van der Waals surface area contributed by atoms with Gasteiger partial charge in [0.05, 0.1) is 9.82 Å². The molecule has 0 aliphatic heterocycles. The standard InChI is InChI=1S/C13H11FN2O2S/c14-10-5-9(8-15)6-11(7-10)19-13-4-2-1-3-12(13)16(17)18/h1-7H,8,15H2. The Morgan fingerprint density at radius 2 is 2.00 bits per heavy atom. The number of hydrogen-bond donors (Lipinski definition) is 1. The average molecular weight is 278 g/mol. The molecular formula is C13H11FN2O2S. The predicted octanol–water partition coefficient (Wildman–Crippen LogP) is 3.34. The molecule has 0 atom stereocenters. The second-order valence-electron chi connectivity index (χ2n) is 3.83. The molecule has 0 fully saturated rings. The van der Waals surface area contributed by atoms with Gasteiger partial charge in [-0.25, -0.2) is 4.39 Å². The Bertz CT molecular complexity index is 619. The minimum atomic E-state index is -0.453. The quantitative estimate of drug-likeness (QED) is 0.688. The van der Waals surface area contributed by atoms with Gasteiger partial charge in [-0.15, -0.1) is 0 Å². The van der Waals surface area contributed by atoms with Gasteiger partial charge in [0.25, 0.3) is 5.69 Å². The molecule has 6 heteroatoms. The minimum Gasteiger partial charge on any atom is -0.326 e. The van der Waals surface area contributed by atoms with E-state index in [0.717, 1.165) is 11.8 Å². The van der Waals surface area contributed by atoms with Crippen molar-refractivity contribution in [3.05, 3.63) is 64.0 Å². The summed E-state index contributed by atoms with van der Waals surface area (Å²) in [4.78, 5) is 11.5. The first kappa shape index (κ1) is 13.5. The summed E-state index contributed by atoms with van der Waals surface area (Å²) in [6.45, 7) is 0.224. The van der Waals surface area contributed by atoms with E-state index in [1.54, 1.807) is 24.3 Å². The Hall–Kier alpha value is -1.92. The van der Waals surface area contributed by atoms with Crippen molar-refractivity contribution < 1.29 is 9.31 Å². The monoisotopic (exact) mass is 278 g/mol. The first-order valence-electron chi connectivity index (χ1n) is 5.51. The molecule has 0 aliphatic rings. The number of benzene rings is 2. The molecule has 19 heavy (non-hydrogen) atoms. The lowest BCUT2D eigenvalue weighted by atomic mass is 10.2. The second kappa shape index (κ2) is 5.81. The van der Waals surface area contributed by atoms with Crippen molar-refractivity contribution in [2.75, 3.05) is 0 Å². The lowest BCUT2D eigenvalue weighted by molar-refractivity contribution is -0.387. The summed E-state index contributed by atoms with van der Waals surface area (Å²) in [5, 5.41) is 10.9. The Kier molecular flexibility index (Phi) is 4.13. The Balaban J connectivity index is 2.36. The third-order valence-electron chi connectivity index (χ3n) is 2.46. The molecule has 2 N–H and O–H groups in total. The fraction of sp³-hybridized carbons (Fsp3) is 0.0769. The first-order valence-corrected chi connectivity index (χ1v) is 6.32. The van der Waals surface area contributed by atoms with Gasteiger partial charge in [-0.2, -0.15) is 0 Å². The van der Waals surface area contributed by atoms with Gasteiger partial charge in [-0.3, -0.25) is 10.1 Å². The molecule has 98 valence electrons. The molecule has 0 saturated heterocycles. The van der Waals surface area contributed by atoms with Crippen LogP contribution in [0.25, 0.3) is 0 Å². The molecule has 0 amide bonds. The Morgan fingerprint density at radius 1 is 1.26 bits per heavy atom. The topological polar surface area (TPSA) is 69.2 Å². The molecule has 2 aromatic carbocycles. The zero-order valence-electron chi connectivity index (χ0n) is 9.88. The molecule has 0 aliphatic carbocycles. The Morgan fingerprint density at radius 3 is 2.68 bits per heavy atom. The highest BCUT2D eigenvalue weighted by atomic mass is 32.2. The van der Waals surface area contributed by atoms with Crippen molar-refractivity contribution in [3.63, 3.8) is 0 Å². The zero-order valence-corrected chi connectivity index (χ0v) is 10.7.